The van der Waals surface area contributed by atoms with E-state index in [1.54, 1.807) is 20.1 Å². The monoisotopic (exact) mass is 510 g/mol. The summed E-state index contributed by atoms with van der Waals surface area (Å²) in [7, 11) is 1.57. The largest absolute Gasteiger partial charge is 0.493 e. The minimum atomic E-state index is -1.48. The third kappa shape index (κ3) is 5.07. The van der Waals surface area contributed by atoms with E-state index >= 15 is 0 Å². The Labute approximate surface area is 216 Å². The predicted octanol–water partition coefficient (Wildman–Crippen LogP) is 1.20. The Bertz CT molecular complexity index is 1190. The third-order valence-corrected chi connectivity index (χ3v) is 7.70. The second kappa shape index (κ2) is 10.5. The molecule has 2 aliphatic heterocycles. The summed E-state index contributed by atoms with van der Waals surface area (Å²) < 4.78 is 11.8. The molecule has 0 unspecified atom stereocenters. The van der Waals surface area contributed by atoms with Gasteiger partial charge in [0.1, 0.15) is 18.0 Å². The first-order valence-corrected chi connectivity index (χ1v) is 12.3. The molecule has 1 aromatic heterocycles. The molecule has 10 nitrogen and oxygen atoms in total. The Balaban J connectivity index is 1.52. The summed E-state index contributed by atoms with van der Waals surface area (Å²) >= 11 is 0. The fourth-order valence-corrected chi connectivity index (χ4v) is 5.10. The number of carbonyl (C=O) groups is 1. The van der Waals surface area contributed by atoms with Crippen molar-refractivity contribution in [3.8, 4) is 17.6 Å². The second-order valence-corrected chi connectivity index (χ2v) is 10.1. The van der Waals surface area contributed by atoms with Crippen LogP contribution in [0.2, 0.25) is 0 Å². The molecule has 37 heavy (non-hydrogen) atoms. The summed E-state index contributed by atoms with van der Waals surface area (Å²) in [5.74, 6) is 1.17. The number of aliphatic hydroxyl groups is 3. The van der Waals surface area contributed by atoms with Crippen molar-refractivity contribution in [1.29, 1.82) is 5.26 Å². The highest BCUT2D eigenvalue weighted by Crippen LogP contribution is 2.47. The van der Waals surface area contributed by atoms with Crippen molar-refractivity contribution < 1.29 is 29.6 Å². The quantitative estimate of drug-likeness (QED) is 0.478. The van der Waals surface area contributed by atoms with Gasteiger partial charge in [0.15, 0.2) is 17.6 Å². The number of pyridine rings is 1. The number of rotatable bonds is 8. The van der Waals surface area contributed by atoms with E-state index in [9.17, 15) is 20.1 Å². The van der Waals surface area contributed by atoms with Crippen molar-refractivity contribution in [2.75, 3.05) is 44.8 Å². The number of ether oxygens (including phenoxy) is 2. The number of hydrogen-bond donors (Lipinski definition) is 3. The molecule has 3 heterocycles. The molecule has 1 aromatic carbocycles. The van der Waals surface area contributed by atoms with Crippen LogP contribution in [-0.4, -0.2) is 89.3 Å². The van der Waals surface area contributed by atoms with Crippen molar-refractivity contribution >= 4 is 11.7 Å². The van der Waals surface area contributed by atoms with Gasteiger partial charge in [-0.25, -0.2) is 4.98 Å². The number of aliphatic hydroxyl groups excluding tert-OH is 3. The maximum atomic E-state index is 12.6. The number of nitrogens with zero attached hydrogens (tertiary/aromatic N) is 4. The highest BCUT2D eigenvalue weighted by Gasteiger charge is 2.49. The van der Waals surface area contributed by atoms with Crippen LogP contribution in [0.1, 0.15) is 36.6 Å². The van der Waals surface area contributed by atoms with Crippen molar-refractivity contribution in [3.63, 3.8) is 0 Å². The summed E-state index contributed by atoms with van der Waals surface area (Å²) in [6.45, 7) is 6.58. The van der Waals surface area contributed by atoms with Crippen molar-refractivity contribution in [3.05, 3.63) is 47.2 Å². The predicted molar refractivity (Wildman–Crippen MR) is 136 cm³/mol. The number of likely N-dealkylation sites (tertiary alicyclic amines) is 1. The van der Waals surface area contributed by atoms with E-state index < -0.39 is 30.1 Å². The number of aryl methyl sites for hydroxylation is 1. The molecule has 3 N–H and O–H groups in total. The van der Waals surface area contributed by atoms with Gasteiger partial charge in [-0.3, -0.25) is 4.79 Å². The second-order valence-electron chi connectivity index (χ2n) is 10.1. The highest BCUT2D eigenvalue weighted by atomic mass is 16.5. The van der Waals surface area contributed by atoms with Crippen LogP contribution in [0.15, 0.2) is 30.3 Å². The fraction of sp³-hybridized carbons (Fsp3) is 0.519. The maximum absolute atomic E-state index is 12.6. The summed E-state index contributed by atoms with van der Waals surface area (Å²) in [4.78, 5) is 20.7. The summed E-state index contributed by atoms with van der Waals surface area (Å²) in [5.41, 5.74) is 1.47. The van der Waals surface area contributed by atoms with Crippen LogP contribution < -0.4 is 14.4 Å². The molecule has 10 heteroatoms. The molecule has 2 saturated heterocycles. The first-order valence-electron chi connectivity index (χ1n) is 12.3. The van der Waals surface area contributed by atoms with Gasteiger partial charge in [0.05, 0.1) is 44.2 Å². The van der Waals surface area contributed by atoms with Gasteiger partial charge in [0, 0.05) is 24.4 Å². The molecule has 0 spiro atoms. The van der Waals surface area contributed by atoms with Gasteiger partial charge in [0.25, 0.3) is 5.91 Å². The van der Waals surface area contributed by atoms with Crippen LogP contribution in [0, 0.1) is 23.7 Å². The number of amides is 1. The smallest absolute Gasteiger partial charge is 0.253 e. The van der Waals surface area contributed by atoms with Crippen LogP contribution in [0.25, 0.3) is 0 Å². The molecule has 198 valence electrons. The van der Waals surface area contributed by atoms with Crippen LogP contribution in [0.3, 0.4) is 0 Å². The minimum absolute atomic E-state index is 0.0913. The van der Waals surface area contributed by atoms with E-state index in [4.69, 9.17) is 14.7 Å². The lowest BCUT2D eigenvalue weighted by atomic mass is 9.72. The summed E-state index contributed by atoms with van der Waals surface area (Å²) in [6.07, 6.45) is -2.30. The molecule has 0 bridgehead atoms. The fourth-order valence-electron chi connectivity index (χ4n) is 5.10. The zero-order valence-corrected chi connectivity index (χ0v) is 21.6. The molecule has 0 saturated carbocycles. The Hall–Kier alpha value is -3.39. The Kier molecular flexibility index (Phi) is 7.59. The molecule has 1 amide bonds. The highest BCUT2D eigenvalue weighted by molar-refractivity contribution is 5.81. The average Bonchev–Trinajstić information content (AvgIpc) is 3.23. The van der Waals surface area contributed by atoms with Gasteiger partial charge in [-0.2, -0.15) is 5.26 Å². The number of anilines is 1. The Morgan fingerprint density at radius 3 is 2.57 bits per heavy atom. The lowest BCUT2D eigenvalue weighted by Crippen LogP contribution is -2.54. The molecular weight excluding hydrogens is 476 g/mol. The van der Waals surface area contributed by atoms with E-state index in [0.717, 1.165) is 11.4 Å². The third-order valence-electron chi connectivity index (χ3n) is 7.70. The lowest BCUT2D eigenvalue weighted by molar-refractivity contribution is -0.141. The molecule has 0 radical (unpaired) electrons. The van der Waals surface area contributed by atoms with Crippen molar-refractivity contribution in [2.24, 2.45) is 5.41 Å². The van der Waals surface area contributed by atoms with Crippen molar-refractivity contribution in [2.45, 2.75) is 45.0 Å². The average molecular weight is 511 g/mol. The number of nitriles is 1. The van der Waals surface area contributed by atoms with Gasteiger partial charge in [0.2, 0.25) is 0 Å². The first-order chi connectivity index (χ1) is 17.6. The van der Waals surface area contributed by atoms with Crippen LogP contribution in [0.4, 0.5) is 5.82 Å². The molecule has 2 aliphatic rings. The molecule has 2 aromatic rings. The molecule has 4 atom stereocenters. The van der Waals surface area contributed by atoms with Gasteiger partial charge in [-0.15, -0.1) is 0 Å². The molecule has 4 rings (SSSR count). The van der Waals surface area contributed by atoms with E-state index in [2.05, 4.69) is 16.0 Å². The van der Waals surface area contributed by atoms with E-state index in [0.29, 0.717) is 42.4 Å². The summed E-state index contributed by atoms with van der Waals surface area (Å²) in [5, 5.41) is 38.9. The van der Waals surface area contributed by atoms with Crippen LogP contribution >= 0.6 is 0 Å². The number of methoxy groups -OCH3 is 1. The van der Waals surface area contributed by atoms with Gasteiger partial charge < -0.3 is 34.6 Å². The number of carbonyl (C=O) groups excluding carboxylic acids is 1. The van der Waals surface area contributed by atoms with Gasteiger partial charge in [-0.1, -0.05) is 13.0 Å². The number of hydrogen-bond acceptors (Lipinski definition) is 9. The SMILES string of the molecule is COc1ccc([C@@H]2CN(C(=O)[C@@H](O)CO)C[C@@]2(C)[C@@H](C)O)cc1OC1CN(c2ccc(C#N)c(C)n2)C1. The standard InChI is InChI=1S/C27H34N4O6/c1-16-19(10-28)6-8-25(29-16)30-11-20(12-30)37-24-9-18(5-7-23(24)36-4)21-13-31(26(35)22(34)14-32)15-27(21,3)17(2)33/h5-9,17,20-22,32-34H,11-15H2,1-4H3/t17-,21+,22+,27+/m1/s1. The van der Waals surface area contributed by atoms with E-state index in [-0.39, 0.29) is 18.6 Å². The zero-order chi connectivity index (χ0) is 26.9. The normalized spacial score (nSPS) is 23.2. The summed E-state index contributed by atoms with van der Waals surface area (Å²) in [6, 6.07) is 11.4. The lowest BCUT2D eigenvalue weighted by Gasteiger charge is -2.40. The van der Waals surface area contributed by atoms with Crippen LogP contribution in [0.5, 0.6) is 11.5 Å². The van der Waals surface area contributed by atoms with Gasteiger partial charge >= 0.3 is 0 Å². The van der Waals surface area contributed by atoms with E-state index in [1.807, 2.05) is 38.1 Å². The number of benzene rings is 1. The minimum Gasteiger partial charge on any atom is -0.493 e. The Morgan fingerprint density at radius 2 is 1.97 bits per heavy atom. The maximum Gasteiger partial charge on any atom is 0.253 e. The van der Waals surface area contributed by atoms with Crippen LogP contribution in [-0.2, 0) is 4.79 Å². The number of aromatic nitrogens is 1. The molecule has 2 fully saturated rings. The van der Waals surface area contributed by atoms with Crippen molar-refractivity contribution in [1.82, 2.24) is 9.88 Å². The first kappa shape index (κ1) is 26.7. The van der Waals surface area contributed by atoms with Gasteiger partial charge in [-0.05, 0) is 43.7 Å². The molecule has 0 aliphatic carbocycles. The topological polar surface area (TPSA) is 139 Å². The Morgan fingerprint density at radius 1 is 1.24 bits per heavy atom. The van der Waals surface area contributed by atoms with E-state index in [1.165, 1.54) is 4.90 Å². The zero-order valence-electron chi connectivity index (χ0n) is 21.6. The molecular formula is C27H34N4O6.